The SMILES string of the molecule is COc1ccccc1-c1ncc(N2CCNCC2)c(C2CC2)n1. The Morgan fingerprint density at radius 3 is 2.70 bits per heavy atom. The van der Waals surface area contributed by atoms with Crippen molar-refractivity contribution in [1.29, 1.82) is 0 Å². The van der Waals surface area contributed by atoms with Gasteiger partial charge in [-0.25, -0.2) is 9.97 Å². The van der Waals surface area contributed by atoms with Gasteiger partial charge in [-0.1, -0.05) is 12.1 Å². The van der Waals surface area contributed by atoms with E-state index in [4.69, 9.17) is 9.72 Å². The van der Waals surface area contributed by atoms with Crippen LogP contribution >= 0.6 is 0 Å². The Bertz CT molecular complexity index is 693. The van der Waals surface area contributed by atoms with Crippen molar-refractivity contribution in [3.8, 4) is 17.1 Å². The maximum atomic E-state index is 5.46. The molecule has 23 heavy (non-hydrogen) atoms. The smallest absolute Gasteiger partial charge is 0.163 e. The number of anilines is 1. The van der Waals surface area contributed by atoms with Crippen LogP contribution in [0.2, 0.25) is 0 Å². The number of rotatable bonds is 4. The molecule has 5 heteroatoms. The second-order valence-electron chi connectivity index (χ2n) is 6.18. The Morgan fingerprint density at radius 1 is 1.17 bits per heavy atom. The molecule has 2 aliphatic rings. The molecular formula is C18H22N4O. The largest absolute Gasteiger partial charge is 0.496 e. The molecule has 120 valence electrons. The van der Waals surface area contributed by atoms with Crippen molar-refractivity contribution in [3.05, 3.63) is 36.2 Å². The molecule has 2 fully saturated rings. The fraction of sp³-hybridized carbons (Fsp3) is 0.444. The van der Waals surface area contributed by atoms with Crippen LogP contribution in [0.25, 0.3) is 11.4 Å². The molecule has 2 heterocycles. The second-order valence-corrected chi connectivity index (χ2v) is 6.18. The minimum Gasteiger partial charge on any atom is -0.496 e. The van der Waals surface area contributed by atoms with Crippen LogP contribution in [-0.4, -0.2) is 43.3 Å². The number of benzene rings is 1. The fourth-order valence-corrected chi connectivity index (χ4v) is 3.15. The van der Waals surface area contributed by atoms with Crippen molar-refractivity contribution in [1.82, 2.24) is 15.3 Å². The van der Waals surface area contributed by atoms with Gasteiger partial charge in [0, 0.05) is 32.1 Å². The number of hydrogen-bond donors (Lipinski definition) is 1. The van der Waals surface area contributed by atoms with E-state index in [1.54, 1.807) is 7.11 Å². The van der Waals surface area contributed by atoms with Crippen molar-refractivity contribution in [2.75, 3.05) is 38.2 Å². The third kappa shape index (κ3) is 2.88. The summed E-state index contributed by atoms with van der Waals surface area (Å²) in [4.78, 5) is 12.0. The summed E-state index contributed by atoms with van der Waals surface area (Å²) >= 11 is 0. The van der Waals surface area contributed by atoms with E-state index in [0.717, 1.165) is 43.3 Å². The monoisotopic (exact) mass is 310 g/mol. The topological polar surface area (TPSA) is 50.3 Å². The molecule has 1 N–H and O–H groups in total. The van der Waals surface area contributed by atoms with Gasteiger partial charge in [0.25, 0.3) is 0 Å². The van der Waals surface area contributed by atoms with E-state index in [1.807, 2.05) is 30.5 Å². The van der Waals surface area contributed by atoms with Gasteiger partial charge in [-0.3, -0.25) is 0 Å². The number of nitrogens with one attached hydrogen (secondary N) is 1. The summed E-state index contributed by atoms with van der Waals surface area (Å²) in [5, 5.41) is 3.40. The Labute approximate surface area is 136 Å². The minimum atomic E-state index is 0.594. The van der Waals surface area contributed by atoms with Gasteiger partial charge in [-0.2, -0.15) is 0 Å². The fourth-order valence-electron chi connectivity index (χ4n) is 3.15. The Balaban J connectivity index is 1.74. The van der Waals surface area contributed by atoms with E-state index in [2.05, 4.69) is 15.2 Å². The number of methoxy groups -OCH3 is 1. The summed E-state index contributed by atoms with van der Waals surface area (Å²) < 4.78 is 5.46. The lowest BCUT2D eigenvalue weighted by Crippen LogP contribution is -2.44. The summed E-state index contributed by atoms with van der Waals surface area (Å²) in [6.07, 6.45) is 4.48. The molecule has 1 saturated heterocycles. The first-order valence-electron chi connectivity index (χ1n) is 8.33. The molecule has 1 aliphatic heterocycles. The highest BCUT2D eigenvalue weighted by molar-refractivity contribution is 5.66. The van der Waals surface area contributed by atoms with E-state index in [-0.39, 0.29) is 0 Å². The molecule has 0 bridgehead atoms. The standard InChI is InChI=1S/C18H22N4O/c1-23-16-5-3-2-4-14(16)18-20-12-15(17(21-18)13-6-7-13)22-10-8-19-9-11-22/h2-5,12-13,19H,6-11H2,1H3. The van der Waals surface area contributed by atoms with Crippen LogP contribution in [0.1, 0.15) is 24.5 Å². The number of nitrogens with zero attached hydrogens (tertiary/aromatic N) is 3. The van der Waals surface area contributed by atoms with Gasteiger partial charge in [0.05, 0.1) is 30.3 Å². The van der Waals surface area contributed by atoms with Crippen molar-refractivity contribution in [2.45, 2.75) is 18.8 Å². The molecule has 0 unspecified atom stereocenters. The quantitative estimate of drug-likeness (QED) is 0.940. The zero-order valence-corrected chi connectivity index (χ0v) is 13.5. The first kappa shape index (κ1) is 14.5. The third-order valence-electron chi connectivity index (χ3n) is 4.57. The van der Waals surface area contributed by atoms with Crippen LogP contribution in [0.4, 0.5) is 5.69 Å². The van der Waals surface area contributed by atoms with Gasteiger partial charge >= 0.3 is 0 Å². The van der Waals surface area contributed by atoms with E-state index >= 15 is 0 Å². The van der Waals surface area contributed by atoms with Crippen molar-refractivity contribution >= 4 is 5.69 Å². The first-order chi connectivity index (χ1) is 11.4. The van der Waals surface area contributed by atoms with Gasteiger partial charge in [0.15, 0.2) is 5.82 Å². The minimum absolute atomic E-state index is 0.594. The zero-order chi connectivity index (χ0) is 15.6. The van der Waals surface area contributed by atoms with E-state index in [9.17, 15) is 0 Å². The maximum Gasteiger partial charge on any atom is 0.163 e. The van der Waals surface area contributed by atoms with Crippen molar-refractivity contribution in [2.24, 2.45) is 0 Å². The van der Waals surface area contributed by atoms with Crippen LogP contribution in [0, 0.1) is 0 Å². The summed E-state index contributed by atoms with van der Waals surface area (Å²) in [5.41, 5.74) is 3.39. The number of piperazine rings is 1. The van der Waals surface area contributed by atoms with Gasteiger partial charge in [0.1, 0.15) is 5.75 Å². The van der Waals surface area contributed by atoms with Crippen LogP contribution in [-0.2, 0) is 0 Å². The lowest BCUT2D eigenvalue weighted by Gasteiger charge is -2.30. The average molecular weight is 310 g/mol. The first-order valence-corrected chi connectivity index (χ1v) is 8.33. The molecule has 4 rings (SSSR count). The molecule has 1 aromatic heterocycles. The Morgan fingerprint density at radius 2 is 1.96 bits per heavy atom. The summed E-state index contributed by atoms with van der Waals surface area (Å²) in [6, 6.07) is 7.95. The van der Waals surface area contributed by atoms with E-state index in [0.29, 0.717) is 5.92 Å². The lowest BCUT2D eigenvalue weighted by atomic mass is 10.1. The molecule has 2 aromatic rings. The van der Waals surface area contributed by atoms with Crippen LogP contribution < -0.4 is 15.0 Å². The number of hydrogen-bond acceptors (Lipinski definition) is 5. The normalized spacial score (nSPS) is 18.0. The lowest BCUT2D eigenvalue weighted by molar-refractivity contribution is 0.416. The summed E-state index contributed by atoms with van der Waals surface area (Å²) in [6.45, 7) is 4.10. The highest BCUT2D eigenvalue weighted by Gasteiger charge is 2.30. The van der Waals surface area contributed by atoms with Crippen LogP contribution in [0.3, 0.4) is 0 Å². The van der Waals surface area contributed by atoms with Crippen molar-refractivity contribution < 1.29 is 4.74 Å². The highest BCUT2D eigenvalue weighted by Crippen LogP contribution is 2.44. The number of aromatic nitrogens is 2. The number of para-hydroxylation sites is 1. The Hall–Kier alpha value is -2.14. The van der Waals surface area contributed by atoms with Crippen LogP contribution in [0.5, 0.6) is 5.75 Å². The molecule has 1 aromatic carbocycles. The van der Waals surface area contributed by atoms with E-state index in [1.165, 1.54) is 24.2 Å². The molecule has 0 spiro atoms. The predicted octanol–water partition coefficient (Wildman–Crippen LogP) is 2.44. The van der Waals surface area contributed by atoms with Crippen LogP contribution in [0.15, 0.2) is 30.5 Å². The molecule has 0 amide bonds. The maximum absolute atomic E-state index is 5.46. The molecular weight excluding hydrogens is 288 g/mol. The third-order valence-corrected chi connectivity index (χ3v) is 4.57. The van der Waals surface area contributed by atoms with Crippen molar-refractivity contribution in [3.63, 3.8) is 0 Å². The summed E-state index contributed by atoms with van der Waals surface area (Å²) in [5.74, 6) is 2.18. The average Bonchev–Trinajstić information content (AvgIpc) is 3.47. The molecule has 1 saturated carbocycles. The molecule has 5 nitrogen and oxygen atoms in total. The van der Waals surface area contributed by atoms with Gasteiger partial charge in [-0.15, -0.1) is 0 Å². The Kier molecular flexibility index (Phi) is 3.87. The molecule has 1 aliphatic carbocycles. The predicted molar refractivity (Wildman–Crippen MR) is 91.1 cm³/mol. The van der Waals surface area contributed by atoms with Gasteiger partial charge in [0.2, 0.25) is 0 Å². The number of ether oxygens (including phenoxy) is 1. The second kappa shape index (κ2) is 6.16. The summed E-state index contributed by atoms with van der Waals surface area (Å²) in [7, 11) is 1.69. The molecule has 0 atom stereocenters. The molecule has 0 radical (unpaired) electrons. The van der Waals surface area contributed by atoms with Gasteiger partial charge < -0.3 is 15.0 Å². The highest BCUT2D eigenvalue weighted by atomic mass is 16.5. The van der Waals surface area contributed by atoms with Gasteiger partial charge in [-0.05, 0) is 25.0 Å². The zero-order valence-electron chi connectivity index (χ0n) is 13.5. The van der Waals surface area contributed by atoms with E-state index < -0.39 is 0 Å².